The maximum Gasteiger partial charge on any atom is 0.159 e. The molecule has 0 aliphatic rings. The molecule has 4 nitrogen and oxygen atoms in total. The summed E-state index contributed by atoms with van der Waals surface area (Å²) in [5, 5.41) is 23.0. The van der Waals surface area contributed by atoms with Gasteiger partial charge in [-0.1, -0.05) is 375 Å². The Labute approximate surface area is 754 Å². The van der Waals surface area contributed by atoms with Crippen molar-refractivity contribution >= 4 is 97.0 Å². The molecule has 0 aliphatic carbocycles. The third-order valence-electron chi connectivity index (χ3n) is 26.0. The van der Waals surface area contributed by atoms with Crippen LogP contribution in [0.3, 0.4) is 0 Å². The standard InChI is InChI=1S/C44H32.C30H22N4.C28H22.C23H20/c1-29-18-22-32(23-19-29)35-26-27-41(38-14-6-5-13-36(35)38)44-40-16-8-7-15-39(40)42(33-24-20-30(2)21-25-33)28-43(44)37-17-9-11-31-10-3-4-12-34(31)37;1-19-17-25(29-31-13-7-14-32-29)27(23-11-5-3-9-21(19)23)28-24-12-6-4-10-22(24)20(2)18-26(28)30-33-15-8-16-34-30;1-19-16-17-26(24-14-8-6-12-22(19)24)28-25-15-9-7-13-23(25)20(2)18-27(28)21-10-4-3-5-11-21;1-15-12-13-22(20-10-6-4-8-18(15)20)23-17(3)14-16(2)19-9-5-7-11-21(19)23/h3-28H,1-2H3;3-18H,1-2H3;3-18H,1-2H3;4-14H,1-3H3. The number of aryl methyl sites for hydroxylation is 9. The number of hydrogen-bond acceptors (Lipinski definition) is 4. The summed E-state index contributed by atoms with van der Waals surface area (Å²) in [4.78, 5) is 18.6. The highest BCUT2D eigenvalue weighted by molar-refractivity contribution is 6.20. The van der Waals surface area contributed by atoms with Crippen LogP contribution in [0.1, 0.15) is 50.1 Å². The zero-order valence-electron chi connectivity index (χ0n) is 74.1. The van der Waals surface area contributed by atoms with Crippen molar-refractivity contribution in [3.8, 4) is 112 Å². The summed E-state index contributed by atoms with van der Waals surface area (Å²) in [6, 6.07) is 143. The van der Waals surface area contributed by atoms with Crippen molar-refractivity contribution in [1.29, 1.82) is 0 Å². The van der Waals surface area contributed by atoms with Crippen LogP contribution in [-0.4, -0.2) is 19.9 Å². The van der Waals surface area contributed by atoms with Crippen molar-refractivity contribution in [1.82, 2.24) is 19.9 Å². The molecule has 0 saturated heterocycles. The van der Waals surface area contributed by atoms with Crippen LogP contribution in [0.15, 0.2) is 419 Å². The van der Waals surface area contributed by atoms with E-state index in [-0.39, 0.29) is 0 Å². The number of benzene rings is 21. The second kappa shape index (κ2) is 35.3. The van der Waals surface area contributed by atoms with Crippen LogP contribution in [0.25, 0.3) is 209 Å². The molecular weight excluding hydrogens is 1560 g/mol. The van der Waals surface area contributed by atoms with Crippen LogP contribution in [-0.2, 0) is 0 Å². The van der Waals surface area contributed by atoms with Gasteiger partial charge in [0.15, 0.2) is 11.6 Å². The van der Waals surface area contributed by atoms with Gasteiger partial charge in [-0.05, 0) is 306 Å². The van der Waals surface area contributed by atoms with Gasteiger partial charge in [0.2, 0.25) is 0 Å². The van der Waals surface area contributed by atoms with Crippen molar-refractivity contribution in [3.05, 3.63) is 469 Å². The first-order chi connectivity index (χ1) is 63.3. The average Bonchev–Trinajstić information content (AvgIpc) is 0.693. The van der Waals surface area contributed by atoms with Gasteiger partial charge in [0, 0.05) is 47.0 Å². The van der Waals surface area contributed by atoms with E-state index >= 15 is 0 Å². The lowest BCUT2D eigenvalue weighted by Gasteiger charge is -2.21. The maximum atomic E-state index is 4.64. The van der Waals surface area contributed by atoms with E-state index < -0.39 is 0 Å². The molecule has 23 aromatic rings. The molecule has 4 heteroatoms. The van der Waals surface area contributed by atoms with Gasteiger partial charge in [0.1, 0.15) is 0 Å². The van der Waals surface area contributed by atoms with Crippen LogP contribution >= 0.6 is 0 Å². The van der Waals surface area contributed by atoms with Crippen molar-refractivity contribution in [2.24, 2.45) is 0 Å². The van der Waals surface area contributed by atoms with E-state index in [4.69, 9.17) is 0 Å². The van der Waals surface area contributed by atoms with Crippen molar-refractivity contribution in [2.45, 2.75) is 62.3 Å². The van der Waals surface area contributed by atoms with Crippen LogP contribution in [0.5, 0.6) is 0 Å². The summed E-state index contributed by atoms with van der Waals surface area (Å²) in [5.74, 6) is 1.41. The Hall–Kier alpha value is -15.9. The van der Waals surface area contributed by atoms with E-state index in [1.54, 1.807) is 24.8 Å². The topological polar surface area (TPSA) is 51.6 Å². The minimum Gasteiger partial charge on any atom is -0.237 e. The average molecular weight is 1650 g/mol. The largest absolute Gasteiger partial charge is 0.237 e. The fourth-order valence-electron chi connectivity index (χ4n) is 19.8. The molecule has 0 saturated carbocycles. The summed E-state index contributed by atoms with van der Waals surface area (Å²) in [6.07, 6.45) is 7.19. The van der Waals surface area contributed by atoms with Gasteiger partial charge in [0.25, 0.3) is 0 Å². The fraction of sp³-hybridized carbons (Fsp3) is 0.0720. The Balaban J connectivity index is 0.000000111. The molecule has 129 heavy (non-hydrogen) atoms. The molecule has 21 aromatic carbocycles. The first-order valence-electron chi connectivity index (χ1n) is 44.6. The number of nitrogens with zero attached hydrogens (tertiary/aromatic N) is 4. The third kappa shape index (κ3) is 15.5. The quantitative estimate of drug-likeness (QED) is 0.137. The fourth-order valence-corrected chi connectivity index (χ4v) is 19.8. The van der Waals surface area contributed by atoms with E-state index in [2.05, 4.69) is 464 Å². The van der Waals surface area contributed by atoms with Crippen molar-refractivity contribution in [2.75, 3.05) is 0 Å². The first kappa shape index (κ1) is 81.5. The van der Waals surface area contributed by atoms with E-state index in [9.17, 15) is 0 Å². The Bertz CT molecular complexity index is 8110. The molecule has 2 aromatic heterocycles. The lowest BCUT2D eigenvalue weighted by atomic mass is 9.82. The van der Waals surface area contributed by atoms with Gasteiger partial charge in [-0.15, -0.1) is 0 Å². The van der Waals surface area contributed by atoms with Crippen LogP contribution in [0.4, 0.5) is 0 Å². The van der Waals surface area contributed by atoms with E-state index in [1.807, 2.05) is 12.1 Å². The summed E-state index contributed by atoms with van der Waals surface area (Å²) >= 11 is 0. The summed E-state index contributed by atoms with van der Waals surface area (Å²) in [6.45, 7) is 19.6. The van der Waals surface area contributed by atoms with E-state index in [0.29, 0.717) is 11.6 Å². The van der Waals surface area contributed by atoms with Gasteiger partial charge < -0.3 is 0 Å². The molecule has 0 amide bonds. The molecule has 0 fully saturated rings. The monoisotopic (exact) mass is 1650 g/mol. The second-order valence-electron chi connectivity index (χ2n) is 34.2. The molecule has 0 spiro atoms. The number of aromatic nitrogens is 4. The molecule has 0 N–H and O–H groups in total. The van der Waals surface area contributed by atoms with E-state index in [1.165, 1.54) is 214 Å². The normalized spacial score (nSPS) is 11.3. The molecule has 23 rings (SSSR count). The number of fused-ring (bicyclic) bond motifs is 9. The predicted octanol–water partition coefficient (Wildman–Crippen LogP) is 34.2. The van der Waals surface area contributed by atoms with Crippen molar-refractivity contribution in [3.63, 3.8) is 0 Å². The molecule has 0 radical (unpaired) electrons. The minimum absolute atomic E-state index is 0.705. The number of rotatable bonds is 10. The van der Waals surface area contributed by atoms with Gasteiger partial charge in [-0.2, -0.15) is 0 Å². The Kier molecular flexibility index (Phi) is 22.3. The first-order valence-corrected chi connectivity index (χ1v) is 44.6. The lowest BCUT2D eigenvalue weighted by molar-refractivity contribution is 1.17. The molecule has 0 atom stereocenters. The molecular formula is C125H96N4. The highest BCUT2D eigenvalue weighted by Gasteiger charge is 2.26. The highest BCUT2D eigenvalue weighted by atomic mass is 14.9. The van der Waals surface area contributed by atoms with Crippen LogP contribution in [0, 0.1) is 62.3 Å². The second-order valence-corrected chi connectivity index (χ2v) is 34.2. The lowest BCUT2D eigenvalue weighted by Crippen LogP contribution is -1.99. The minimum atomic E-state index is 0.705. The van der Waals surface area contributed by atoms with E-state index in [0.717, 1.165) is 33.0 Å². The molecule has 0 unspecified atom stereocenters. The summed E-state index contributed by atoms with van der Waals surface area (Å²) in [5.41, 5.74) is 33.7. The highest BCUT2D eigenvalue weighted by Crippen LogP contribution is 2.51. The zero-order chi connectivity index (χ0) is 87.8. The van der Waals surface area contributed by atoms with Gasteiger partial charge in [0.05, 0.1) is 0 Å². The van der Waals surface area contributed by atoms with Gasteiger partial charge in [-0.25, -0.2) is 19.9 Å². The SMILES string of the molecule is Cc1cc(-c2ncccn2)c(-c2c(-c3ncccn3)cc(C)c3ccccc23)c2ccccc12.Cc1cc(C)c2ccccc2c1-c1ccc(C)c2ccccc12.Cc1ccc(-c2c(-c3ccccc3)cc(C)c3ccccc23)c2ccccc12.Cc1ccc(-c2ccc(-c3c(-c4cccc5ccccc45)cc(-c4ccc(C)cc4)c4ccccc34)c3ccccc23)cc1. The molecule has 0 aliphatic heterocycles. The van der Waals surface area contributed by atoms with Crippen molar-refractivity contribution < 1.29 is 0 Å². The smallest absolute Gasteiger partial charge is 0.159 e. The molecule has 616 valence electrons. The van der Waals surface area contributed by atoms with Gasteiger partial charge in [-0.3, -0.25) is 0 Å². The van der Waals surface area contributed by atoms with Crippen LogP contribution < -0.4 is 0 Å². The Morgan fingerprint density at radius 2 is 0.434 bits per heavy atom. The Morgan fingerprint density at radius 1 is 0.140 bits per heavy atom. The molecule has 0 bridgehead atoms. The van der Waals surface area contributed by atoms with Gasteiger partial charge >= 0.3 is 0 Å². The zero-order valence-corrected chi connectivity index (χ0v) is 74.1. The summed E-state index contributed by atoms with van der Waals surface area (Å²) in [7, 11) is 0. The Morgan fingerprint density at radius 3 is 0.891 bits per heavy atom. The third-order valence-corrected chi connectivity index (χ3v) is 26.0. The summed E-state index contributed by atoms with van der Waals surface area (Å²) < 4.78 is 0. The van der Waals surface area contributed by atoms with Crippen LogP contribution in [0.2, 0.25) is 0 Å². The maximum absolute atomic E-state index is 4.64. The molecule has 2 heterocycles. The predicted molar refractivity (Wildman–Crippen MR) is 551 cm³/mol. The number of hydrogen-bond donors (Lipinski definition) is 0.